The predicted octanol–water partition coefficient (Wildman–Crippen LogP) is 3.38. The molecule has 29 heavy (non-hydrogen) atoms. The molecule has 4 rings (SSSR count). The third-order valence-electron chi connectivity index (χ3n) is 3.89. The summed E-state index contributed by atoms with van der Waals surface area (Å²) in [5, 5.41) is 16.0. The fourth-order valence-electron chi connectivity index (χ4n) is 2.52. The first kappa shape index (κ1) is 19.2. The van der Waals surface area contributed by atoms with Crippen LogP contribution in [-0.4, -0.2) is 36.6 Å². The zero-order valence-corrected chi connectivity index (χ0v) is 16.6. The standard InChI is InChI=1S/C19H15ClN6O2S/c20-15-6-4-13(5-7-15)18-24-25-19(28-18)29-12-16(27)22-11-14-3-1-8-21-17(14)26-10-2-9-23-26/h1-10H,11-12H2,(H,22,27). The lowest BCUT2D eigenvalue weighted by Gasteiger charge is -2.09. The molecule has 0 aliphatic heterocycles. The van der Waals surface area contributed by atoms with Crippen LogP contribution in [0.4, 0.5) is 0 Å². The third kappa shape index (κ3) is 4.82. The first-order valence-corrected chi connectivity index (χ1v) is 9.98. The minimum absolute atomic E-state index is 0.152. The highest BCUT2D eigenvalue weighted by molar-refractivity contribution is 7.99. The van der Waals surface area contributed by atoms with E-state index in [9.17, 15) is 4.79 Å². The molecule has 0 saturated carbocycles. The second-order valence-corrected chi connectivity index (χ2v) is 7.25. The van der Waals surface area contributed by atoms with E-state index in [1.165, 1.54) is 11.8 Å². The molecule has 1 N–H and O–H groups in total. The number of nitrogens with one attached hydrogen (secondary N) is 1. The lowest BCUT2D eigenvalue weighted by molar-refractivity contribution is -0.118. The van der Waals surface area contributed by atoms with Gasteiger partial charge in [-0.05, 0) is 36.4 Å². The summed E-state index contributed by atoms with van der Waals surface area (Å²) in [6.07, 6.45) is 5.17. The number of pyridine rings is 1. The predicted molar refractivity (Wildman–Crippen MR) is 109 cm³/mol. The van der Waals surface area contributed by atoms with Crippen molar-refractivity contribution < 1.29 is 9.21 Å². The Hall–Kier alpha value is -3.17. The molecule has 1 aromatic carbocycles. The molecule has 10 heteroatoms. The summed E-state index contributed by atoms with van der Waals surface area (Å²) in [5.74, 6) is 1.05. The zero-order valence-electron chi connectivity index (χ0n) is 15.0. The first-order chi connectivity index (χ1) is 14.2. The van der Waals surface area contributed by atoms with E-state index < -0.39 is 0 Å². The Kier molecular flexibility index (Phi) is 5.87. The molecule has 4 aromatic rings. The van der Waals surface area contributed by atoms with Gasteiger partial charge in [-0.15, -0.1) is 10.2 Å². The average Bonchev–Trinajstić information content (AvgIpc) is 3.44. The Morgan fingerprint density at radius 2 is 2.00 bits per heavy atom. The number of hydrogen-bond acceptors (Lipinski definition) is 7. The number of halogens is 1. The van der Waals surface area contributed by atoms with Crippen molar-refractivity contribution in [3.05, 3.63) is 71.6 Å². The van der Waals surface area contributed by atoms with E-state index >= 15 is 0 Å². The minimum Gasteiger partial charge on any atom is -0.411 e. The second kappa shape index (κ2) is 8.89. The summed E-state index contributed by atoms with van der Waals surface area (Å²) in [4.78, 5) is 16.6. The maximum atomic E-state index is 12.2. The van der Waals surface area contributed by atoms with Crippen LogP contribution in [0.25, 0.3) is 17.3 Å². The first-order valence-electron chi connectivity index (χ1n) is 8.62. The smallest absolute Gasteiger partial charge is 0.277 e. The fourth-order valence-corrected chi connectivity index (χ4v) is 3.24. The summed E-state index contributed by atoms with van der Waals surface area (Å²) >= 11 is 7.05. The average molecular weight is 427 g/mol. The van der Waals surface area contributed by atoms with Gasteiger partial charge < -0.3 is 9.73 Å². The van der Waals surface area contributed by atoms with Crippen molar-refractivity contribution in [3.8, 4) is 17.3 Å². The van der Waals surface area contributed by atoms with E-state index in [0.29, 0.717) is 28.5 Å². The van der Waals surface area contributed by atoms with Crippen LogP contribution in [0.5, 0.6) is 0 Å². The Morgan fingerprint density at radius 3 is 2.79 bits per heavy atom. The van der Waals surface area contributed by atoms with Crippen molar-refractivity contribution in [2.45, 2.75) is 11.8 Å². The number of amides is 1. The number of rotatable bonds is 7. The molecule has 0 aliphatic carbocycles. The molecular formula is C19H15ClN6O2S. The number of benzene rings is 1. The summed E-state index contributed by atoms with van der Waals surface area (Å²) in [6.45, 7) is 0.336. The van der Waals surface area contributed by atoms with E-state index in [4.69, 9.17) is 16.0 Å². The van der Waals surface area contributed by atoms with Crippen molar-refractivity contribution in [1.82, 2.24) is 30.3 Å². The molecule has 0 radical (unpaired) electrons. The van der Waals surface area contributed by atoms with Gasteiger partial charge in [0.25, 0.3) is 5.22 Å². The monoisotopic (exact) mass is 426 g/mol. The van der Waals surface area contributed by atoms with Gasteiger partial charge in [0, 0.05) is 41.3 Å². The van der Waals surface area contributed by atoms with Crippen molar-refractivity contribution in [2.24, 2.45) is 0 Å². The van der Waals surface area contributed by atoms with E-state index in [2.05, 4.69) is 25.6 Å². The molecule has 0 saturated heterocycles. The second-order valence-electron chi connectivity index (χ2n) is 5.88. The Bertz CT molecular complexity index is 1100. The van der Waals surface area contributed by atoms with Gasteiger partial charge >= 0.3 is 0 Å². The Labute approximate surface area is 175 Å². The highest BCUT2D eigenvalue weighted by atomic mass is 35.5. The van der Waals surface area contributed by atoms with Crippen LogP contribution >= 0.6 is 23.4 Å². The van der Waals surface area contributed by atoms with Crippen molar-refractivity contribution in [2.75, 3.05) is 5.75 Å². The molecule has 0 spiro atoms. The quantitative estimate of drug-likeness (QED) is 0.452. The number of carbonyl (C=O) groups is 1. The van der Waals surface area contributed by atoms with Crippen molar-refractivity contribution in [1.29, 1.82) is 0 Å². The summed E-state index contributed by atoms with van der Waals surface area (Å²) in [5.41, 5.74) is 1.62. The van der Waals surface area contributed by atoms with Crippen molar-refractivity contribution >= 4 is 29.3 Å². The normalized spacial score (nSPS) is 10.8. The zero-order chi connectivity index (χ0) is 20.1. The number of hydrogen-bond donors (Lipinski definition) is 1. The van der Waals surface area contributed by atoms with Crippen LogP contribution in [0.2, 0.25) is 5.02 Å². The van der Waals surface area contributed by atoms with Gasteiger partial charge in [-0.25, -0.2) is 9.67 Å². The third-order valence-corrected chi connectivity index (χ3v) is 4.96. The number of aromatic nitrogens is 5. The molecular weight excluding hydrogens is 412 g/mol. The fraction of sp³-hybridized carbons (Fsp3) is 0.105. The van der Waals surface area contributed by atoms with Gasteiger partial charge in [0.1, 0.15) is 0 Å². The Morgan fingerprint density at radius 1 is 1.14 bits per heavy atom. The lowest BCUT2D eigenvalue weighted by atomic mass is 10.2. The molecule has 0 fully saturated rings. The van der Waals surface area contributed by atoms with Gasteiger partial charge in [-0.2, -0.15) is 5.10 Å². The molecule has 146 valence electrons. The molecule has 3 aromatic heterocycles. The Balaban J connectivity index is 1.32. The number of nitrogens with zero attached hydrogens (tertiary/aromatic N) is 5. The van der Waals surface area contributed by atoms with Gasteiger partial charge in [0.05, 0.1) is 5.75 Å². The molecule has 1 amide bonds. The number of carbonyl (C=O) groups excluding carboxylic acids is 1. The topological polar surface area (TPSA) is 98.7 Å². The molecule has 0 aliphatic rings. The van der Waals surface area contributed by atoms with E-state index in [1.54, 1.807) is 47.5 Å². The van der Waals surface area contributed by atoms with E-state index in [0.717, 1.165) is 11.1 Å². The lowest BCUT2D eigenvalue weighted by Crippen LogP contribution is -2.25. The summed E-state index contributed by atoms with van der Waals surface area (Å²) in [7, 11) is 0. The molecule has 8 nitrogen and oxygen atoms in total. The SMILES string of the molecule is O=C(CSc1nnc(-c2ccc(Cl)cc2)o1)NCc1cccnc1-n1cccn1. The molecule has 0 unspecified atom stereocenters. The van der Waals surface area contributed by atoms with Gasteiger partial charge in [-0.3, -0.25) is 4.79 Å². The van der Waals surface area contributed by atoms with E-state index in [-0.39, 0.29) is 11.7 Å². The maximum Gasteiger partial charge on any atom is 0.277 e. The maximum absolute atomic E-state index is 12.2. The van der Waals surface area contributed by atoms with Crippen LogP contribution in [0.15, 0.2) is 70.7 Å². The van der Waals surface area contributed by atoms with Crippen LogP contribution < -0.4 is 5.32 Å². The molecule has 3 heterocycles. The summed E-state index contributed by atoms with van der Waals surface area (Å²) in [6, 6.07) is 12.6. The molecule has 0 bridgehead atoms. The van der Waals surface area contributed by atoms with Crippen molar-refractivity contribution in [3.63, 3.8) is 0 Å². The minimum atomic E-state index is -0.156. The van der Waals surface area contributed by atoms with Crippen LogP contribution in [-0.2, 0) is 11.3 Å². The van der Waals surface area contributed by atoms with Gasteiger partial charge in [0.15, 0.2) is 5.82 Å². The van der Waals surface area contributed by atoms with E-state index in [1.807, 2.05) is 18.2 Å². The van der Waals surface area contributed by atoms with Gasteiger partial charge in [-0.1, -0.05) is 29.4 Å². The van der Waals surface area contributed by atoms with Crippen LogP contribution in [0.3, 0.4) is 0 Å². The molecule has 0 atom stereocenters. The number of thioether (sulfide) groups is 1. The summed E-state index contributed by atoms with van der Waals surface area (Å²) < 4.78 is 7.25. The highest BCUT2D eigenvalue weighted by Gasteiger charge is 2.12. The van der Waals surface area contributed by atoms with Crippen LogP contribution in [0, 0.1) is 0 Å². The largest absolute Gasteiger partial charge is 0.411 e. The highest BCUT2D eigenvalue weighted by Crippen LogP contribution is 2.24. The van der Waals surface area contributed by atoms with Gasteiger partial charge in [0.2, 0.25) is 11.8 Å². The van der Waals surface area contributed by atoms with Crippen LogP contribution in [0.1, 0.15) is 5.56 Å².